The number of unbranched alkanes of at least 4 members (excludes halogenated alkanes) is 11. The zero-order valence-electron chi connectivity index (χ0n) is 24.9. The number of hydrogen-bond donors (Lipinski definition) is 2. The van der Waals surface area contributed by atoms with E-state index in [0.717, 1.165) is 19.3 Å². The molecule has 0 spiro atoms. The molecule has 0 rings (SSSR count). The van der Waals surface area contributed by atoms with E-state index in [1.165, 1.54) is 56.7 Å². The summed E-state index contributed by atoms with van der Waals surface area (Å²) < 4.78 is 70.0. The molecule has 0 bridgehead atoms. The fraction of sp³-hybridized carbons (Fsp3) is 0.897. The van der Waals surface area contributed by atoms with Crippen molar-refractivity contribution in [2.45, 2.75) is 149 Å². The van der Waals surface area contributed by atoms with E-state index < -0.39 is 42.0 Å². The summed E-state index contributed by atoms with van der Waals surface area (Å²) in [5.41, 5.74) is 0. The van der Waals surface area contributed by atoms with Crippen LogP contribution in [0.2, 0.25) is 0 Å². The molecular weight excluding hydrogens is 535 g/mol. The number of amides is 2. The van der Waals surface area contributed by atoms with Gasteiger partial charge in [-0.25, -0.2) is 4.79 Å². The van der Waals surface area contributed by atoms with Gasteiger partial charge in [0.2, 0.25) is 5.91 Å². The van der Waals surface area contributed by atoms with Crippen molar-refractivity contribution in [3.63, 3.8) is 0 Å². The van der Waals surface area contributed by atoms with Crippen LogP contribution in [-0.4, -0.2) is 48.6 Å². The fourth-order valence-electron chi connectivity index (χ4n) is 4.25. The van der Waals surface area contributed by atoms with E-state index in [0.29, 0.717) is 6.42 Å². The number of nitrogens with one attached hydrogen (secondary N) is 2. The molecule has 0 heterocycles. The van der Waals surface area contributed by atoms with E-state index in [1.54, 1.807) is 27.7 Å². The minimum absolute atomic E-state index is 0.0582. The molecule has 0 aliphatic rings. The number of halogens is 5. The molecule has 2 N–H and O–H groups in total. The molecule has 6 nitrogen and oxygen atoms in total. The molecule has 0 aromatic rings. The summed E-state index contributed by atoms with van der Waals surface area (Å²) in [6.45, 7) is 9.19. The second-order valence-electron chi connectivity index (χ2n) is 11.5. The van der Waals surface area contributed by atoms with Gasteiger partial charge in [0.1, 0.15) is 12.1 Å². The van der Waals surface area contributed by atoms with Crippen LogP contribution in [0.3, 0.4) is 0 Å². The lowest BCUT2D eigenvalue weighted by Crippen LogP contribution is -2.58. The Morgan fingerprint density at radius 1 is 0.650 bits per heavy atom. The largest absolute Gasteiger partial charge is 0.464 e. The van der Waals surface area contributed by atoms with Crippen molar-refractivity contribution < 1.29 is 41.1 Å². The number of rotatable bonds is 22. The molecule has 0 aromatic heterocycles. The fourth-order valence-corrected chi connectivity index (χ4v) is 4.25. The Morgan fingerprint density at radius 2 is 1.07 bits per heavy atom. The molecule has 0 aliphatic carbocycles. The zero-order chi connectivity index (χ0) is 30.8. The quantitative estimate of drug-likeness (QED) is 0.0782. The Hall–Kier alpha value is -1.94. The Balaban J connectivity index is 4.73. The van der Waals surface area contributed by atoms with Gasteiger partial charge in [0.05, 0.1) is 6.61 Å². The van der Waals surface area contributed by atoms with Crippen LogP contribution in [0.1, 0.15) is 125 Å². The molecule has 236 valence electrons. The summed E-state index contributed by atoms with van der Waals surface area (Å²) in [6.07, 6.45) is 7.68. The average Bonchev–Trinajstić information content (AvgIpc) is 2.84. The van der Waals surface area contributed by atoms with Crippen LogP contribution >= 0.6 is 0 Å². The summed E-state index contributed by atoms with van der Waals surface area (Å²) in [5, 5.41) is 3.91. The Labute approximate surface area is 236 Å². The maximum Gasteiger partial charge on any atom is 0.463 e. The van der Waals surface area contributed by atoms with Gasteiger partial charge in [-0.1, -0.05) is 105 Å². The van der Waals surface area contributed by atoms with Crippen LogP contribution in [0.4, 0.5) is 22.0 Å². The highest BCUT2D eigenvalue weighted by Gasteiger charge is 2.63. The van der Waals surface area contributed by atoms with Gasteiger partial charge in [-0.15, -0.1) is 0 Å². The highest BCUT2D eigenvalue weighted by atomic mass is 19.4. The predicted octanol–water partition coefficient (Wildman–Crippen LogP) is 7.49. The minimum atomic E-state index is -6.10. The number of hydrogen-bond acceptors (Lipinski definition) is 4. The molecule has 40 heavy (non-hydrogen) atoms. The second-order valence-corrected chi connectivity index (χ2v) is 11.5. The van der Waals surface area contributed by atoms with Crippen LogP contribution in [0.5, 0.6) is 0 Å². The maximum absolute atomic E-state index is 13.5. The topological polar surface area (TPSA) is 84.5 Å². The van der Waals surface area contributed by atoms with Crippen molar-refractivity contribution in [1.82, 2.24) is 10.6 Å². The van der Waals surface area contributed by atoms with E-state index in [1.807, 2.05) is 0 Å². The van der Waals surface area contributed by atoms with E-state index >= 15 is 0 Å². The lowest BCUT2D eigenvalue weighted by atomic mass is 10.00. The standard InChI is InChI=1S/C29H51F5N2O4/c1-6-7-8-9-10-11-12-13-14-15-16-17-18-40-26(38)24(20-22(4)5)35-25(37)23(19-21(2)3)36-27(39)28(30,31)29(32,33)34/h21-24H,6-20H2,1-5H3,(H,35,37)(H,36,39). The van der Waals surface area contributed by atoms with Crippen LogP contribution in [0, 0.1) is 11.8 Å². The molecule has 0 saturated carbocycles. The molecule has 0 aromatic carbocycles. The number of carbonyl (C=O) groups is 3. The van der Waals surface area contributed by atoms with Gasteiger partial charge < -0.3 is 15.4 Å². The first-order valence-electron chi connectivity index (χ1n) is 14.9. The van der Waals surface area contributed by atoms with Crippen LogP contribution in [0.25, 0.3) is 0 Å². The Morgan fingerprint density at radius 3 is 1.50 bits per heavy atom. The zero-order valence-corrected chi connectivity index (χ0v) is 24.9. The number of esters is 1. The summed E-state index contributed by atoms with van der Waals surface area (Å²) >= 11 is 0. The molecule has 2 amide bonds. The van der Waals surface area contributed by atoms with E-state index in [-0.39, 0.29) is 31.3 Å². The summed E-state index contributed by atoms with van der Waals surface area (Å²) in [7, 11) is 0. The summed E-state index contributed by atoms with van der Waals surface area (Å²) in [5.74, 6) is -10.4. The van der Waals surface area contributed by atoms with Gasteiger partial charge in [-0.2, -0.15) is 22.0 Å². The average molecular weight is 587 g/mol. The molecule has 0 saturated heterocycles. The second kappa shape index (κ2) is 20.0. The van der Waals surface area contributed by atoms with Gasteiger partial charge >= 0.3 is 24.0 Å². The maximum atomic E-state index is 13.5. The normalized spacial score (nSPS) is 13.8. The van der Waals surface area contributed by atoms with Crippen molar-refractivity contribution in [1.29, 1.82) is 0 Å². The van der Waals surface area contributed by atoms with Crippen molar-refractivity contribution in [3.05, 3.63) is 0 Å². The van der Waals surface area contributed by atoms with Gasteiger partial charge in [0.15, 0.2) is 0 Å². The third-order valence-electron chi connectivity index (χ3n) is 6.52. The first-order valence-corrected chi connectivity index (χ1v) is 14.9. The SMILES string of the molecule is CCCCCCCCCCCCCCOC(=O)C(CC(C)C)NC(=O)C(CC(C)C)NC(=O)C(F)(F)C(F)(F)F. The minimum Gasteiger partial charge on any atom is -0.464 e. The highest BCUT2D eigenvalue weighted by Crippen LogP contribution is 2.35. The first-order chi connectivity index (χ1) is 18.6. The third-order valence-corrected chi connectivity index (χ3v) is 6.52. The highest BCUT2D eigenvalue weighted by molar-refractivity contribution is 5.92. The van der Waals surface area contributed by atoms with Crippen molar-refractivity contribution in [3.8, 4) is 0 Å². The van der Waals surface area contributed by atoms with Crippen LogP contribution in [-0.2, 0) is 19.1 Å². The van der Waals surface area contributed by atoms with Crippen molar-refractivity contribution >= 4 is 17.8 Å². The molecular formula is C29H51F5N2O4. The third kappa shape index (κ3) is 16.4. The number of alkyl halides is 5. The Bertz CT molecular complexity index is 730. The van der Waals surface area contributed by atoms with Gasteiger partial charge in [0.25, 0.3) is 0 Å². The molecule has 11 heteroatoms. The van der Waals surface area contributed by atoms with E-state index in [9.17, 15) is 36.3 Å². The molecule has 0 aliphatic heterocycles. The number of carbonyl (C=O) groups excluding carboxylic acids is 3. The van der Waals surface area contributed by atoms with Gasteiger partial charge in [0, 0.05) is 0 Å². The van der Waals surface area contributed by atoms with Gasteiger partial charge in [-0.3, -0.25) is 9.59 Å². The Kier molecular flexibility index (Phi) is 19.1. The van der Waals surface area contributed by atoms with Gasteiger partial charge in [-0.05, 0) is 31.1 Å². The number of ether oxygens (including phenoxy) is 1. The van der Waals surface area contributed by atoms with E-state index in [4.69, 9.17) is 4.74 Å². The predicted molar refractivity (Wildman–Crippen MR) is 146 cm³/mol. The first kappa shape index (κ1) is 38.1. The molecule has 0 radical (unpaired) electrons. The summed E-state index contributed by atoms with van der Waals surface area (Å²) in [4.78, 5) is 37.2. The van der Waals surface area contributed by atoms with Crippen LogP contribution in [0.15, 0.2) is 0 Å². The van der Waals surface area contributed by atoms with Crippen LogP contribution < -0.4 is 10.6 Å². The molecule has 0 fully saturated rings. The molecule has 2 atom stereocenters. The summed E-state index contributed by atoms with van der Waals surface area (Å²) in [6, 6.07) is -2.81. The van der Waals surface area contributed by atoms with Crippen molar-refractivity contribution in [2.75, 3.05) is 6.61 Å². The van der Waals surface area contributed by atoms with E-state index in [2.05, 4.69) is 12.2 Å². The smallest absolute Gasteiger partial charge is 0.463 e. The lowest BCUT2D eigenvalue weighted by Gasteiger charge is -2.26. The molecule has 2 unspecified atom stereocenters. The lowest BCUT2D eigenvalue weighted by molar-refractivity contribution is -0.270. The van der Waals surface area contributed by atoms with Crippen molar-refractivity contribution in [2.24, 2.45) is 11.8 Å². The monoisotopic (exact) mass is 586 g/mol.